The molecule has 0 aliphatic rings. The fourth-order valence-corrected chi connectivity index (χ4v) is 1.32. The van der Waals surface area contributed by atoms with Crippen molar-refractivity contribution in [2.45, 2.75) is 0 Å². The van der Waals surface area contributed by atoms with E-state index >= 15 is 0 Å². The number of amides is 1. The summed E-state index contributed by atoms with van der Waals surface area (Å²) in [5, 5.41) is 4.69. The lowest BCUT2D eigenvalue weighted by atomic mass is 10.3. The zero-order valence-electron chi connectivity index (χ0n) is 9.15. The molecule has 0 saturated carbocycles. The van der Waals surface area contributed by atoms with Crippen LogP contribution in [0, 0.1) is 0 Å². The van der Waals surface area contributed by atoms with E-state index in [-0.39, 0.29) is 5.91 Å². The Labute approximate surface area is 98.6 Å². The van der Waals surface area contributed by atoms with Crippen LogP contribution in [-0.2, 0) is 4.79 Å². The molecule has 0 aliphatic carbocycles. The highest BCUT2D eigenvalue weighted by atomic mass is 16.1. The molecule has 1 aromatic carbocycles. The van der Waals surface area contributed by atoms with Crippen LogP contribution < -0.4 is 5.36 Å². The van der Waals surface area contributed by atoms with Crippen LogP contribution in [0.4, 0.5) is 0 Å². The Morgan fingerprint density at radius 1 is 1.29 bits per heavy atom. The van der Waals surface area contributed by atoms with Crippen LogP contribution in [0.3, 0.4) is 0 Å². The topological polar surface area (TPSA) is 47.2 Å². The second kappa shape index (κ2) is 5.03. The van der Waals surface area contributed by atoms with Gasteiger partial charge in [0, 0.05) is 6.20 Å². The average Bonchev–Trinajstić information content (AvgIpc) is 2.40. The van der Waals surface area contributed by atoms with Crippen LogP contribution in [0.25, 0.3) is 5.69 Å². The molecular formula is C13H11N3O. The van der Waals surface area contributed by atoms with Gasteiger partial charge >= 0.3 is 0 Å². The third-order valence-electron chi connectivity index (χ3n) is 2.14. The molecule has 2 rings (SSSR count). The van der Waals surface area contributed by atoms with Crippen molar-refractivity contribution in [2.75, 3.05) is 0 Å². The highest BCUT2D eigenvalue weighted by molar-refractivity contribution is 5.87. The minimum absolute atomic E-state index is 0.371. The predicted octanol–water partition coefficient (Wildman–Crippen LogP) is 1.49. The molecule has 0 radical (unpaired) electrons. The molecule has 84 valence electrons. The maximum atomic E-state index is 11.0. The number of aromatic nitrogens is 2. The summed E-state index contributed by atoms with van der Waals surface area (Å²) in [7, 11) is 0. The summed E-state index contributed by atoms with van der Waals surface area (Å²) < 4.78 is 1.71. The van der Waals surface area contributed by atoms with Gasteiger partial charge in [-0.1, -0.05) is 24.8 Å². The molecule has 1 aromatic heterocycles. The maximum absolute atomic E-state index is 11.0. The highest BCUT2D eigenvalue weighted by Crippen LogP contribution is 2.02. The van der Waals surface area contributed by atoms with Gasteiger partial charge in [0.1, 0.15) is 0 Å². The van der Waals surface area contributed by atoms with Crippen LogP contribution in [-0.4, -0.2) is 15.7 Å². The molecule has 0 aliphatic heterocycles. The standard InChI is InChI=1S/C13H11N3O/c1-2-13(17)15-11-8-9-16(14-10-11)12-6-4-3-5-7-12/h2-10H,1H2. The van der Waals surface area contributed by atoms with Gasteiger partial charge in [-0.2, -0.15) is 5.10 Å². The molecule has 0 bridgehead atoms. The van der Waals surface area contributed by atoms with E-state index < -0.39 is 0 Å². The van der Waals surface area contributed by atoms with Gasteiger partial charge in [-0.05, 0) is 24.3 Å². The smallest absolute Gasteiger partial charge is 0.267 e. The van der Waals surface area contributed by atoms with Crippen molar-refractivity contribution < 1.29 is 4.79 Å². The van der Waals surface area contributed by atoms with Crippen molar-refractivity contribution in [1.29, 1.82) is 0 Å². The first kappa shape index (κ1) is 11.0. The third-order valence-corrected chi connectivity index (χ3v) is 2.14. The molecule has 0 N–H and O–H groups in total. The minimum Gasteiger partial charge on any atom is -0.267 e. The van der Waals surface area contributed by atoms with E-state index in [2.05, 4.69) is 16.7 Å². The SMILES string of the molecule is C=CC(=O)N=c1ccn(-c2ccccc2)nc1. The number of carbonyl (C=O) groups excluding carboxylic acids is 1. The minimum atomic E-state index is -0.371. The molecule has 1 heterocycles. The van der Waals surface area contributed by atoms with Crippen molar-refractivity contribution in [1.82, 2.24) is 9.78 Å². The lowest BCUT2D eigenvalue weighted by Crippen LogP contribution is -2.10. The number of rotatable bonds is 2. The van der Waals surface area contributed by atoms with E-state index in [0.29, 0.717) is 5.36 Å². The van der Waals surface area contributed by atoms with Crippen LogP contribution >= 0.6 is 0 Å². The molecule has 2 aromatic rings. The summed E-state index contributed by atoms with van der Waals surface area (Å²) in [6.07, 6.45) is 4.46. The van der Waals surface area contributed by atoms with Crippen molar-refractivity contribution in [3.8, 4) is 5.69 Å². The zero-order chi connectivity index (χ0) is 12.1. The van der Waals surface area contributed by atoms with E-state index in [1.807, 2.05) is 30.3 Å². The molecule has 0 fully saturated rings. The summed E-state index contributed by atoms with van der Waals surface area (Å²) >= 11 is 0. The largest absolute Gasteiger partial charge is 0.269 e. The molecule has 1 amide bonds. The molecule has 0 atom stereocenters. The van der Waals surface area contributed by atoms with Gasteiger partial charge in [0.15, 0.2) is 0 Å². The Bertz CT molecular complexity index is 579. The van der Waals surface area contributed by atoms with Gasteiger partial charge in [-0.3, -0.25) is 4.79 Å². The van der Waals surface area contributed by atoms with Crippen LogP contribution in [0.15, 0.2) is 66.4 Å². The summed E-state index contributed by atoms with van der Waals surface area (Å²) in [5.74, 6) is -0.371. The Balaban J connectivity index is 2.34. The highest BCUT2D eigenvalue weighted by Gasteiger charge is 1.93. The van der Waals surface area contributed by atoms with Crippen molar-refractivity contribution >= 4 is 5.91 Å². The van der Waals surface area contributed by atoms with E-state index in [0.717, 1.165) is 11.8 Å². The van der Waals surface area contributed by atoms with E-state index in [1.165, 1.54) is 6.20 Å². The monoisotopic (exact) mass is 225 g/mol. The number of benzene rings is 1. The second-order valence-electron chi connectivity index (χ2n) is 3.32. The molecule has 0 spiro atoms. The first-order valence-electron chi connectivity index (χ1n) is 5.11. The summed E-state index contributed by atoms with van der Waals surface area (Å²) in [6.45, 7) is 3.35. The van der Waals surface area contributed by atoms with Gasteiger partial charge < -0.3 is 0 Å². The molecular weight excluding hydrogens is 214 g/mol. The molecule has 0 saturated heterocycles. The van der Waals surface area contributed by atoms with Crippen LogP contribution in [0.2, 0.25) is 0 Å². The van der Waals surface area contributed by atoms with Gasteiger partial charge in [0.25, 0.3) is 5.91 Å². The summed E-state index contributed by atoms with van der Waals surface area (Å²) in [4.78, 5) is 14.8. The van der Waals surface area contributed by atoms with Gasteiger partial charge in [0.2, 0.25) is 0 Å². The van der Waals surface area contributed by atoms with Gasteiger partial charge in [0.05, 0.1) is 17.2 Å². The van der Waals surface area contributed by atoms with Crippen molar-refractivity contribution in [3.05, 3.63) is 66.8 Å². The number of hydrogen-bond acceptors (Lipinski definition) is 2. The number of nitrogens with zero attached hydrogens (tertiary/aromatic N) is 3. The Morgan fingerprint density at radius 3 is 2.65 bits per heavy atom. The van der Waals surface area contributed by atoms with Crippen molar-refractivity contribution in [3.63, 3.8) is 0 Å². The van der Waals surface area contributed by atoms with Crippen LogP contribution in [0.1, 0.15) is 0 Å². The zero-order valence-corrected chi connectivity index (χ0v) is 9.15. The predicted molar refractivity (Wildman–Crippen MR) is 64.3 cm³/mol. The lowest BCUT2D eigenvalue weighted by Gasteiger charge is -2.02. The molecule has 17 heavy (non-hydrogen) atoms. The first-order valence-corrected chi connectivity index (χ1v) is 5.11. The van der Waals surface area contributed by atoms with E-state index in [1.54, 1.807) is 16.9 Å². The Kier molecular flexibility index (Phi) is 3.25. The lowest BCUT2D eigenvalue weighted by molar-refractivity contribution is -0.113. The second-order valence-corrected chi connectivity index (χ2v) is 3.32. The molecule has 4 heteroatoms. The Hall–Kier alpha value is -2.49. The number of carbonyl (C=O) groups is 1. The quantitative estimate of drug-likeness (QED) is 0.727. The normalized spacial score (nSPS) is 11.2. The number of hydrogen-bond donors (Lipinski definition) is 0. The summed E-state index contributed by atoms with van der Waals surface area (Å²) in [6, 6.07) is 11.4. The third kappa shape index (κ3) is 2.75. The Morgan fingerprint density at radius 2 is 2.06 bits per heavy atom. The number of para-hydroxylation sites is 1. The fourth-order valence-electron chi connectivity index (χ4n) is 1.32. The van der Waals surface area contributed by atoms with Gasteiger partial charge in [-0.15, -0.1) is 0 Å². The van der Waals surface area contributed by atoms with E-state index in [4.69, 9.17) is 0 Å². The first-order chi connectivity index (χ1) is 8.29. The maximum Gasteiger partial charge on any atom is 0.269 e. The molecule has 4 nitrogen and oxygen atoms in total. The molecule has 0 unspecified atom stereocenters. The van der Waals surface area contributed by atoms with E-state index in [9.17, 15) is 4.79 Å². The fraction of sp³-hybridized carbons (Fsp3) is 0. The average molecular weight is 225 g/mol. The van der Waals surface area contributed by atoms with Gasteiger partial charge in [-0.25, -0.2) is 9.67 Å². The van der Waals surface area contributed by atoms with Crippen LogP contribution in [0.5, 0.6) is 0 Å². The van der Waals surface area contributed by atoms with Crippen molar-refractivity contribution in [2.24, 2.45) is 4.99 Å². The summed E-state index contributed by atoms with van der Waals surface area (Å²) in [5.41, 5.74) is 0.953.